The lowest BCUT2D eigenvalue weighted by Crippen LogP contribution is -2.15. The van der Waals surface area contributed by atoms with Crippen LogP contribution in [0.25, 0.3) is 22.3 Å². The highest BCUT2D eigenvalue weighted by atomic mass is 16.5. The second kappa shape index (κ2) is 4.67. The Morgan fingerprint density at radius 3 is 2.74 bits per heavy atom. The Morgan fingerprint density at radius 2 is 1.96 bits per heavy atom. The summed E-state index contributed by atoms with van der Waals surface area (Å²) in [5.41, 5.74) is 1.09. The quantitative estimate of drug-likeness (QED) is 0.718. The zero-order valence-corrected chi connectivity index (χ0v) is 12.1. The minimum atomic E-state index is -0.508. The fourth-order valence-corrected chi connectivity index (χ4v) is 2.82. The van der Waals surface area contributed by atoms with Gasteiger partial charge in [0.15, 0.2) is 17.1 Å². The number of hydrogen-bond donors (Lipinski definition) is 2. The zero-order chi connectivity index (χ0) is 16.1. The Bertz CT molecular complexity index is 1000. The van der Waals surface area contributed by atoms with Crippen LogP contribution < -0.4 is 14.9 Å². The van der Waals surface area contributed by atoms with Crippen molar-refractivity contribution in [1.29, 1.82) is 0 Å². The first-order valence-corrected chi connectivity index (χ1v) is 6.92. The second-order valence-electron chi connectivity index (χ2n) is 5.19. The molecule has 0 radical (unpaired) electrons. The number of ether oxygens (including phenoxy) is 2. The van der Waals surface area contributed by atoms with Crippen LogP contribution in [0.2, 0.25) is 0 Å². The monoisotopic (exact) mass is 312 g/mol. The van der Waals surface area contributed by atoms with Gasteiger partial charge in [-0.1, -0.05) is 24.3 Å². The number of hydrogen-bond acceptors (Lipinski definition) is 6. The average molecular weight is 312 g/mol. The van der Waals surface area contributed by atoms with Crippen LogP contribution in [0.15, 0.2) is 39.5 Å². The maximum atomic E-state index is 12.7. The lowest BCUT2D eigenvalue weighted by Gasteiger charge is -2.20. The summed E-state index contributed by atoms with van der Waals surface area (Å²) >= 11 is 0. The van der Waals surface area contributed by atoms with Gasteiger partial charge >= 0.3 is 0 Å². The minimum absolute atomic E-state index is 0.0132. The van der Waals surface area contributed by atoms with E-state index >= 15 is 0 Å². The molecule has 2 aromatic carbocycles. The summed E-state index contributed by atoms with van der Waals surface area (Å²) in [5.74, 6) is -0.421. The number of phenols is 2. The van der Waals surface area contributed by atoms with Crippen LogP contribution in [0.4, 0.5) is 0 Å². The van der Waals surface area contributed by atoms with Crippen LogP contribution in [0.1, 0.15) is 5.56 Å². The van der Waals surface area contributed by atoms with Crippen molar-refractivity contribution in [3.8, 4) is 34.3 Å². The van der Waals surface area contributed by atoms with Gasteiger partial charge in [-0.3, -0.25) is 4.79 Å². The molecule has 2 N–H and O–H groups in total. The molecule has 0 aliphatic carbocycles. The Hall–Kier alpha value is -3.15. The average Bonchev–Trinajstić information content (AvgIpc) is 2.54. The van der Waals surface area contributed by atoms with Crippen molar-refractivity contribution in [2.45, 2.75) is 6.61 Å². The topological polar surface area (TPSA) is 89.1 Å². The summed E-state index contributed by atoms with van der Waals surface area (Å²) in [5, 5.41) is 19.8. The first kappa shape index (κ1) is 13.5. The summed E-state index contributed by atoms with van der Waals surface area (Å²) in [6.07, 6.45) is 0. The van der Waals surface area contributed by atoms with E-state index in [1.54, 1.807) is 0 Å². The summed E-state index contributed by atoms with van der Waals surface area (Å²) in [4.78, 5) is 12.7. The highest BCUT2D eigenvalue weighted by Crippen LogP contribution is 2.44. The van der Waals surface area contributed by atoms with Gasteiger partial charge in [0.05, 0.1) is 7.11 Å². The van der Waals surface area contributed by atoms with Gasteiger partial charge in [-0.15, -0.1) is 0 Å². The molecule has 116 valence electrons. The van der Waals surface area contributed by atoms with Crippen LogP contribution in [0, 0.1) is 0 Å². The van der Waals surface area contributed by atoms with Crippen molar-refractivity contribution in [2.75, 3.05) is 7.11 Å². The van der Waals surface area contributed by atoms with Crippen LogP contribution in [-0.4, -0.2) is 17.3 Å². The molecule has 3 aromatic rings. The van der Waals surface area contributed by atoms with Crippen LogP contribution >= 0.6 is 0 Å². The molecule has 2 heterocycles. The van der Waals surface area contributed by atoms with Crippen molar-refractivity contribution in [3.05, 3.63) is 46.1 Å². The molecule has 1 aliphatic rings. The number of phenolic OH excluding ortho intramolecular Hbond substituents is 2. The van der Waals surface area contributed by atoms with E-state index < -0.39 is 11.2 Å². The number of methoxy groups -OCH3 is 1. The molecule has 1 aromatic heterocycles. The molecular formula is C17H12O6. The Morgan fingerprint density at radius 1 is 1.17 bits per heavy atom. The Kier molecular flexibility index (Phi) is 2.74. The molecule has 4 rings (SSSR count). The van der Waals surface area contributed by atoms with Crippen molar-refractivity contribution >= 4 is 11.0 Å². The van der Waals surface area contributed by atoms with E-state index in [4.69, 9.17) is 13.9 Å². The lowest BCUT2D eigenvalue weighted by atomic mass is 10.0. The molecule has 0 bridgehead atoms. The van der Waals surface area contributed by atoms with Gasteiger partial charge in [0.2, 0.25) is 16.9 Å². The Labute approximate surface area is 130 Å². The first-order valence-electron chi connectivity index (χ1n) is 6.92. The number of rotatable bonds is 1. The standard InChI is InChI=1S/C17H12O6/c1-21-15-11(19)6-10(18)12-13(20)17-14(23-16(12)15)9-5-3-2-4-8(9)7-22-17/h2-6,18-19H,7H2,1H3. The first-order chi connectivity index (χ1) is 11.1. The maximum Gasteiger partial charge on any atom is 0.239 e. The molecule has 0 saturated carbocycles. The van der Waals surface area contributed by atoms with Crippen molar-refractivity contribution in [3.63, 3.8) is 0 Å². The molecule has 0 spiro atoms. The van der Waals surface area contributed by atoms with Crippen molar-refractivity contribution < 1.29 is 24.1 Å². The third-order valence-electron chi connectivity index (χ3n) is 3.88. The van der Waals surface area contributed by atoms with Gasteiger partial charge in [0, 0.05) is 17.2 Å². The van der Waals surface area contributed by atoms with Crippen LogP contribution in [0.5, 0.6) is 23.0 Å². The molecule has 1 aliphatic heterocycles. The SMILES string of the molecule is COc1c(O)cc(O)c2c(=O)c3c(oc12)-c1ccccc1CO3. The molecule has 0 atom stereocenters. The van der Waals surface area contributed by atoms with E-state index in [-0.39, 0.29) is 40.6 Å². The predicted molar refractivity (Wildman–Crippen MR) is 82.1 cm³/mol. The molecule has 0 saturated heterocycles. The molecule has 6 heteroatoms. The second-order valence-corrected chi connectivity index (χ2v) is 5.19. The van der Waals surface area contributed by atoms with E-state index in [2.05, 4.69) is 0 Å². The highest BCUT2D eigenvalue weighted by Gasteiger charge is 2.27. The normalized spacial score (nSPS) is 12.4. The van der Waals surface area contributed by atoms with Crippen molar-refractivity contribution in [1.82, 2.24) is 0 Å². The van der Waals surface area contributed by atoms with Crippen LogP contribution in [0.3, 0.4) is 0 Å². The van der Waals surface area contributed by atoms with Gasteiger partial charge in [-0.2, -0.15) is 0 Å². The van der Waals surface area contributed by atoms with E-state index in [0.29, 0.717) is 0 Å². The predicted octanol–water partition coefficient (Wildman–Crippen LogP) is 2.77. The summed E-state index contributed by atoms with van der Waals surface area (Å²) < 4.78 is 16.4. The molecule has 6 nitrogen and oxygen atoms in total. The zero-order valence-electron chi connectivity index (χ0n) is 12.1. The van der Waals surface area contributed by atoms with E-state index in [1.807, 2.05) is 24.3 Å². The van der Waals surface area contributed by atoms with Gasteiger partial charge < -0.3 is 24.1 Å². The molecule has 0 fully saturated rings. The maximum absolute atomic E-state index is 12.7. The fraction of sp³-hybridized carbons (Fsp3) is 0.118. The van der Waals surface area contributed by atoms with Gasteiger partial charge in [0.25, 0.3) is 0 Å². The van der Waals surface area contributed by atoms with E-state index in [0.717, 1.165) is 17.2 Å². The number of benzene rings is 2. The molecule has 0 amide bonds. The van der Waals surface area contributed by atoms with Crippen LogP contribution in [-0.2, 0) is 6.61 Å². The number of aromatic hydroxyl groups is 2. The third-order valence-corrected chi connectivity index (χ3v) is 3.88. The summed E-state index contributed by atoms with van der Waals surface area (Å²) in [6.45, 7) is 0.245. The summed E-state index contributed by atoms with van der Waals surface area (Å²) in [7, 11) is 1.34. The fourth-order valence-electron chi connectivity index (χ4n) is 2.82. The Balaban J connectivity index is 2.18. The van der Waals surface area contributed by atoms with Crippen molar-refractivity contribution in [2.24, 2.45) is 0 Å². The van der Waals surface area contributed by atoms with Gasteiger partial charge in [-0.25, -0.2) is 0 Å². The van der Waals surface area contributed by atoms with E-state index in [1.165, 1.54) is 7.11 Å². The van der Waals surface area contributed by atoms with Gasteiger partial charge in [0.1, 0.15) is 17.7 Å². The lowest BCUT2D eigenvalue weighted by molar-refractivity contribution is 0.289. The molecule has 0 unspecified atom stereocenters. The largest absolute Gasteiger partial charge is 0.507 e. The molecule has 23 heavy (non-hydrogen) atoms. The molecular weight excluding hydrogens is 300 g/mol. The minimum Gasteiger partial charge on any atom is -0.507 e. The smallest absolute Gasteiger partial charge is 0.239 e. The van der Waals surface area contributed by atoms with E-state index in [9.17, 15) is 15.0 Å². The third kappa shape index (κ3) is 1.78. The number of fused-ring (bicyclic) bond motifs is 4. The summed E-state index contributed by atoms with van der Waals surface area (Å²) in [6, 6.07) is 8.43. The highest BCUT2D eigenvalue weighted by molar-refractivity contribution is 5.93. The van der Waals surface area contributed by atoms with Gasteiger partial charge in [-0.05, 0) is 0 Å².